The lowest BCUT2D eigenvalue weighted by molar-refractivity contribution is -0.187. The number of aliphatic hydroxyl groups is 2. The minimum Gasteiger partial charge on any atom is -0.493 e. The monoisotopic (exact) mass is 726 g/mol. The molecule has 0 aliphatic heterocycles. The van der Waals surface area contributed by atoms with Crippen molar-refractivity contribution in [2.24, 2.45) is 11.8 Å². The van der Waals surface area contributed by atoms with Crippen molar-refractivity contribution in [1.29, 1.82) is 0 Å². The molecule has 0 spiro atoms. The lowest BCUT2D eigenvalue weighted by Crippen LogP contribution is -2.44. The molecule has 2 saturated carbocycles. The smallest absolute Gasteiger partial charge is 0.235 e. The molecule has 0 radical (unpaired) electrons. The first-order valence-electron chi connectivity index (χ1n) is 18.6. The molecule has 284 valence electrons. The molecule has 10 nitrogen and oxygen atoms in total. The summed E-state index contributed by atoms with van der Waals surface area (Å²) in [5.41, 5.74) is 14.3. The van der Waals surface area contributed by atoms with E-state index in [9.17, 15) is 19.8 Å². The number of allylic oxidation sites excluding steroid dienone is 1. The Kier molecular flexibility index (Phi) is 14.3. The van der Waals surface area contributed by atoms with Gasteiger partial charge in [-0.15, -0.1) is 0 Å². The first-order valence-corrected chi connectivity index (χ1v) is 18.6. The summed E-state index contributed by atoms with van der Waals surface area (Å²) in [5.74, 6) is -3.29. The molecule has 2 fully saturated rings. The number of ether oxygens (including phenoxy) is 4. The van der Waals surface area contributed by atoms with E-state index in [0.717, 1.165) is 68.8 Å². The predicted octanol–water partition coefficient (Wildman–Crippen LogP) is 6.74. The normalized spacial score (nSPS) is 21.4. The molecule has 3 aromatic rings. The van der Waals surface area contributed by atoms with E-state index in [1.165, 1.54) is 30.4 Å². The Morgan fingerprint density at radius 1 is 0.717 bits per heavy atom. The summed E-state index contributed by atoms with van der Waals surface area (Å²) in [7, 11) is 3.52. The molecule has 6 N–H and O–H groups in total. The second-order valence-electron chi connectivity index (χ2n) is 14.4. The molecule has 2 aliphatic carbocycles. The van der Waals surface area contributed by atoms with Crippen molar-refractivity contribution in [3.05, 3.63) is 95.6 Å². The number of anilines is 2. The molecule has 0 amide bonds. The van der Waals surface area contributed by atoms with Crippen LogP contribution in [-0.4, -0.2) is 67.2 Å². The van der Waals surface area contributed by atoms with Crippen molar-refractivity contribution in [1.82, 2.24) is 0 Å². The second-order valence-corrected chi connectivity index (χ2v) is 14.4. The first-order chi connectivity index (χ1) is 25.5. The average molecular weight is 727 g/mol. The Hall–Kier alpha value is -4.48. The molecule has 10 heteroatoms. The Labute approximate surface area is 312 Å². The Morgan fingerprint density at radius 3 is 1.64 bits per heavy atom. The molecule has 1 unspecified atom stereocenters. The average Bonchev–Trinajstić information content (AvgIpc) is 3.18. The fourth-order valence-corrected chi connectivity index (χ4v) is 7.15. The van der Waals surface area contributed by atoms with E-state index in [1.54, 1.807) is 32.4 Å². The van der Waals surface area contributed by atoms with E-state index in [-0.39, 0.29) is 11.3 Å². The van der Waals surface area contributed by atoms with Gasteiger partial charge in [-0.1, -0.05) is 42.5 Å². The van der Waals surface area contributed by atoms with Crippen LogP contribution in [0.15, 0.2) is 78.9 Å². The number of benzene rings is 3. The number of nitrogens with two attached hydrogens (primary N) is 2. The van der Waals surface area contributed by atoms with Crippen LogP contribution in [0.1, 0.15) is 80.4 Å². The van der Waals surface area contributed by atoms with Gasteiger partial charge in [0, 0.05) is 32.0 Å². The van der Waals surface area contributed by atoms with E-state index in [4.69, 9.17) is 30.4 Å². The van der Waals surface area contributed by atoms with Crippen LogP contribution in [0.4, 0.5) is 11.4 Å². The molecule has 0 aromatic heterocycles. The molecular formula is C43H54N2O8. The van der Waals surface area contributed by atoms with E-state index in [0.29, 0.717) is 54.3 Å². The zero-order valence-electron chi connectivity index (χ0n) is 30.8. The van der Waals surface area contributed by atoms with Crippen LogP contribution in [0.25, 0.3) is 12.2 Å². The zero-order valence-corrected chi connectivity index (χ0v) is 30.8. The van der Waals surface area contributed by atoms with E-state index in [1.807, 2.05) is 36.4 Å². The number of carbonyl (C=O) groups excluding carboxylic acids is 2. The summed E-state index contributed by atoms with van der Waals surface area (Å²) in [6.07, 6.45) is 14.3. The number of ketones is 2. The van der Waals surface area contributed by atoms with Gasteiger partial charge in [-0.2, -0.15) is 0 Å². The van der Waals surface area contributed by atoms with Crippen LogP contribution < -0.4 is 20.9 Å². The summed E-state index contributed by atoms with van der Waals surface area (Å²) in [5, 5.41) is 22.6. The van der Waals surface area contributed by atoms with Gasteiger partial charge in [0.1, 0.15) is 11.5 Å². The summed E-state index contributed by atoms with van der Waals surface area (Å²) in [4.78, 5) is 26.6. The van der Waals surface area contributed by atoms with Crippen molar-refractivity contribution in [2.45, 2.75) is 81.7 Å². The van der Waals surface area contributed by atoms with E-state index in [2.05, 4.69) is 0 Å². The Bertz CT molecular complexity index is 1690. The van der Waals surface area contributed by atoms with Gasteiger partial charge >= 0.3 is 0 Å². The molecule has 5 rings (SSSR count). The highest BCUT2D eigenvalue weighted by atomic mass is 16.5. The number of rotatable bonds is 17. The zero-order chi connectivity index (χ0) is 37.8. The van der Waals surface area contributed by atoms with E-state index >= 15 is 0 Å². The van der Waals surface area contributed by atoms with Crippen molar-refractivity contribution in [3.8, 4) is 11.5 Å². The number of hydrogen-bond donors (Lipinski definition) is 4. The maximum Gasteiger partial charge on any atom is 0.235 e. The van der Waals surface area contributed by atoms with Gasteiger partial charge in [-0.3, -0.25) is 9.59 Å². The van der Waals surface area contributed by atoms with Gasteiger partial charge in [-0.25, -0.2) is 0 Å². The fraction of sp³-hybridized carbons (Fsp3) is 0.442. The fourth-order valence-electron chi connectivity index (χ4n) is 7.15. The maximum atomic E-state index is 13.4. The number of carbonyl (C=O) groups is 2. The van der Waals surface area contributed by atoms with Crippen LogP contribution >= 0.6 is 0 Å². The van der Waals surface area contributed by atoms with Crippen LogP contribution in [0.3, 0.4) is 0 Å². The lowest BCUT2D eigenvalue weighted by atomic mass is 9.82. The minimum absolute atomic E-state index is 0.140. The van der Waals surface area contributed by atoms with Gasteiger partial charge in [0.05, 0.1) is 31.3 Å². The molecular weight excluding hydrogens is 672 g/mol. The SMILES string of the molecule is COC1CCC(COc2ccc(/C=C/C(=O)CC(c3ccc(N)cc3N)C(O)(O)C(=O)/C=C/c3ccc(OCC4CCC(OC)CC4)cc3)cc2)CC1. The molecule has 2 aliphatic rings. The quantitative estimate of drug-likeness (QED) is 0.0666. The third-order valence-corrected chi connectivity index (χ3v) is 10.6. The van der Waals surface area contributed by atoms with Gasteiger partial charge in [-0.05, 0) is 128 Å². The highest BCUT2D eigenvalue weighted by Gasteiger charge is 2.43. The van der Waals surface area contributed by atoms with Crippen molar-refractivity contribution in [3.63, 3.8) is 0 Å². The Morgan fingerprint density at radius 2 is 1.19 bits per heavy atom. The summed E-state index contributed by atoms with van der Waals surface area (Å²) >= 11 is 0. The maximum absolute atomic E-state index is 13.4. The highest BCUT2D eigenvalue weighted by Crippen LogP contribution is 2.36. The third kappa shape index (κ3) is 11.5. The topological polar surface area (TPSA) is 164 Å². The van der Waals surface area contributed by atoms with Gasteiger partial charge in [0.15, 0.2) is 5.78 Å². The first kappa shape index (κ1) is 39.7. The summed E-state index contributed by atoms with van der Waals surface area (Å²) < 4.78 is 22.9. The van der Waals surface area contributed by atoms with Crippen LogP contribution in [0.5, 0.6) is 11.5 Å². The molecule has 0 bridgehead atoms. The van der Waals surface area contributed by atoms with Gasteiger partial charge in [0.2, 0.25) is 11.6 Å². The minimum atomic E-state index is -2.95. The molecule has 0 heterocycles. The lowest BCUT2D eigenvalue weighted by Gasteiger charge is -2.30. The number of hydrogen-bond acceptors (Lipinski definition) is 10. The molecule has 3 aromatic carbocycles. The summed E-state index contributed by atoms with van der Waals surface area (Å²) in [6.45, 7) is 1.28. The molecule has 53 heavy (non-hydrogen) atoms. The third-order valence-electron chi connectivity index (χ3n) is 10.6. The highest BCUT2D eigenvalue weighted by molar-refractivity contribution is 6.01. The van der Waals surface area contributed by atoms with Crippen molar-refractivity contribution < 1.29 is 38.7 Å². The van der Waals surface area contributed by atoms with Crippen LogP contribution in [0.2, 0.25) is 0 Å². The predicted molar refractivity (Wildman–Crippen MR) is 207 cm³/mol. The number of nitrogen functional groups attached to an aromatic ring is 2. The second kappa shape index (κ2) is 19.0. The van der Waals surface area contributed by atoms with Gasteiger partial charge < -0.3 is 40.6 Å². The summed E-state index contributed by atoms with van der Waals surface area (Å²) in [6, 6.07) is 19.1. The Balaban J connectivity index is 1.19. The van der Waals surface area contributed by atoms with Gasteiger partial charge in [0.25, 0.3) is 0 Å². The van der Waals surface area contributed by atoms with E-state index < -0.39 is 29.7 Å². The largest absolute Gasteiger partial charge is 0.493 e. The van der Waals surface area contributed by atoms with Crippen molar-refractivity contribution >= 4 is 35.1 Å². The van der Waals surface area contributed by atoms with Crippen molar-refractivity contribution in [2.75, 3.05) is 38.9 Å². The number of methoxy groups -OCH3 is 2. The van der Waals surface area contributed by atoms with Crippen LogP contribution in [0, 0.1) is 11.8 Å². The standard InChI is InChI=1S/C43H54N2O8/c1-50-35-15-8-31(9-16-35)27-52-37-19-4-29(5-20-37)3-14-34(46)26-40(39-23-13-33(44)25-41(39)45)43(48,49)42(47)24-12-30-6-21-38(22-7-30)53-28-32-10-17-36(51-2)18-11-32/h3-7,12-14,19-25,31-32,35-36,40,48-49H,8-11,15-18,26-28,44-45H2,1-2H3/b14-3+,24-12+. The van der Waals surface area contributed by atoms with Crippen LogP contribution in [-0.2, 0) is 19.1 Å². The molecule has 0 saturated heterocycles. The molecule has 1 atom stereocenters.